The molecule has 7 nitrogen and oxygen atoms in total. The second-order valence-electron chi connectivity index (χ2n) is 6.58. The average molecular weight is 432 g/mol. The van der Waals surface area contributed by atoms with Gasteiger partial charge in [-0.25, -0.2) is 22.0 Å². The van der Waals surface area contributed by atoms with Crippen molar-refractivity contribution < 1.29 is 16.8 Å². The fourth-order valence-electron chi connectivity index (χ4n) is 2.94. The van der Waals surface area contributed by atoms with Gasteiger partial charge in [-0.05, 0) is 30.2 Å². The molecule has 1 atom stereocenters. The minimum Gasteiger partial charge on any atom is -0.263 e. The van der Waals surface area contributed by atoms with Gasteiger partial charge >= 0.3 is 0 Å². The third-order valence-corrected chi connectivity index (χ3v) is 7.43. The molecule has 3 aromatic rings. The standard InChI is InChI=1S/C20H21N3O4S2/c1-16-9-11-18(12-10-16)20(28(21,24)25)23(15-17-6-3-2-4-7-17)29(26,27)19-8-5-13-22-14-19/h2-14,20H,15H2,1H3,(H2,21,24,25). The SMILES string of the molecule is Cc1ccc(C(N(Cc2ccccc2)S(=O)(=O)c2cccnc2)S(N)(=O)=O)cc1. The van der Waals surface area contributed by atoms with Crippen LogP contribution >= 0.6 is 0 Å². The lowest BCUT2D eigenvalue weighted by molar-refractivity contribution is 0.376. The number of sulfonamides is 2. The lowest BCUT2D eigenvalue weighted by Crippen LogP contribution is -2.41. The van der Waals surface area contributed by atoms with E-state index in [4.69, 9.17) is 5.14 Å². The molecule has 0 saturated heterocycles. The smallest absolute Gasteiger partial charge is 0.246 e. The Morgan fingerprint density at radius 3 is 2.14 bits per heavy atom. The summed E-state index contributed by atoms with van der Waals surface area (Å²) >= 11 is 0. The fraction of sp³-hybridized carbons (Fsp3) is 0.150. The summed E-state index contributed by atoms with van der Waals surface area (Å²) in [5.41, 5.74) is 1.80. The number of hydrogen-bond donors (Lipinski definition) is 1. The van der Waals surface area contributed by atoms with E-state index in [0.717, 1.165) is 9.87 Å². The zero-order valence-corrected chi connectivity index (χ0v) is 17.3. The molecule has 9 heteroatoms. The number of nitrogens with zero attached hydrogens (tertiary/aromatic N) is 2. The van der Waals surface area contributed by atoms with Gasteiger partial charge < -0.3 is 0 Å². The van der Waals surface area contributed by atoms with Crippen LogP contribution in [0.3, 0.4) is 0 Å². The summed E-state index contributed by atoms with van der Waals surface area (Å²) in [5.74, 6) is 0. The van der Waals surface area contributed by atoms with Crippen LogP contribution in [0.2, 0.25) is 0 Å². The van der Waals surface area contributed by atoms with Crippen LogP contribution in [-0.4, -0.2) is 26.1 Å². The van der Waals surface area contributed by atoms with Crippen LogP contribution in [0, 0.1) is 6.92 Å². The van der Waals surface area contributed by atoms with Crippen LogP contribution < -0.4 is 5.14 Å². The Kier molecular flexibility index (Phi) is 6.13. The van der Waals surface area contributed by atoms with Gasteiger partial charge in [-0.1, -0.05) is 60.2 Å². The Balaban J connectivity index is 2.20. The summed E-state index contributed by atoms with van der Waals surface area (Å²) in [6.45, 7) is 1.68. The Morgan fingerprint density at radius 2 is 1.59 bits per heavy atom. The van der Waals surface area contributed by atoms with Gasteiger partial charge in [0.2, 0.25) is 20.0 Å². The molecule has 0 bridgehead atoms. The zero-order valence-electron chi connectivity index (χ0n) is 15.7. The van der Waals surface area contributed by atoms with Crippen molar-refractivity contribution in [2.45, 2.75) is 23.7 Å². The van der Waals surface area contributed by atoms with Gasteiger partial charge in [0, 0.05) is 18.9 Å². The van der Waals surface area contributed by atoms with E-state index in [0.29, 0.717) is 5.56 Å². The summed E-state index contributed by atoms with van der Waals surface area (Å²) in [7, 11) is -8.54. The van der Waals surface area contributed by atoms with E-state index in [1.54, 1.807) is 54.6 Å². The van der Waals surface area contributed by atoms with Crippen LogP contribution in [-0.2, 0) is 26.6 Å². The molecule has 29 heavy (non-hydrogen) atoms. The number of primary sulfonamides is 1. The molecule has 0 aliphatic rings. The van der Waals surface area contributed by atoms with E-state index in [2.05, 4.69) is 4.98 Å². The predicted molar refractivity (Wildman–Crippen MR) is 110 cm³/mol. The molecular weight excluding hydrogens is 410 g/mol. The molecule has 0 aliphatic heterocycles. The maximum Gasteiger partial charge on any atom is 0.246 e. The minimum atomic E-state index is -4.31. The van der Waals surface area contributed by atoms with Crippen molar-refractivity contribution in [3.63, 3.8) is 0 Å². The van der Waals surface area contributed by atoms with Crippen molar-refractivity contribution in [3.8, 4) is 0 Å². The number of benzene rings is 2. The molecule has 152 valence electrons. The first-order valence-electron chi connectivity index (χ1n) is 8.73. The van der Waals surface area contributed by atoms with Gasteiger partial charge in [-0.2, -0.15) is 4.31 Å². The molecule has 0 aliphatic carbocycles. The van der Waals surface area contributed by atoms with Crippen molar-refractivity contribution >= 4 is 20.0 Å². The Morgan fingerprint density at radius 1 is 0.931 bits per heavy atom. The largest absolute Gasteiger partial charge is 0.263 e. The number of hydrogen-bond acceptors (Lipinski definition) is 5. The number of aryl methyl sites for hydroxylation is 1. The lowest BCUT2D eigenvalue weighted by atomic mass is 10.1. The van der Waals surface area contributed by atoms with Crippen LogP contribution in [0.25, 0.3) is 0 Å². The predicted octanol–water partition coefficient (Wildman–Crippen LogP) is 2.57. The molecule has 1 unspecified atom stereocenters. The van der Waals surface area contributed by atoms with Crippen molar-refractivity contribution in [2.24, 2.45) is 5.14 Å². The molecule has 0 fully saturated rings. The van der Waals surface area contributed by atoms with Crippen LogP contribution in [0.5, 0.6) is 0 Å². The Labute approximate surface area is 170 Å². The summed E-state index contributed by atoms with van der Waals surface area (Å²) in [6, 6.07) is 18.2. The average Bonchev–Trinajstić information content (AvgIpc) is 2.69. The van der Waals surface area contributed by atoms with E-state index in [9.17, 15) is 16.8 Å². The third kappa shape index (κ3) is 4.88. The first-order valence-corrected chi connectivity index (χ1v) is 11.8. The number of rotatable bonds is 7. The highest BCUT2D eigenvalue weighted by atomic mass is 32.2. The van der Waals surface area contributed by atoms with Crippen LogP contribution in [0.4, 0.5) is 0 Å². The first-order chi connectivity index (χ1) is 13.7. The summed E-state index contributed by atoms with van der Waals surface area (Å²) in [4.78, 5) is 3.75. The lowest BCUT2D eigenvalue weighted by Gasteiger charge is -2.29. The van der Waals surface area contributed by atoms with E-state index in [1.807, 2.05) is 6.92 Å². The normalized spacial score (nSPS) is 13.3. The van der Waals surface area contributed by atoms with Gasteiger partial charge in [-0.15, -0.1) is 0 Å². The maximum atomic E-state index is 13.4. The Bertz CT molecular complexity index is 1170. The molecule has 1 heterocycles. The second-order valence-corrected chi connectivity index (χ2v) is 10.1. The number of pyridine rings is 1. The Hall–Kier alpha value is -2.59. The quantitative estimate of drug-likeness (QED) is 0.618. The maximum absolute atomic E-state index is 13.4. The highest BCUT2D eigenvalue weighted by molar-refractivity contribution is 7.92. The van der Waals surface area contributed by atoms with E-state index in [-0.39, 0.29) is 17.0 Å². The molecular formula is C20H21N3O4S2. The monoisotopic (exact) mass is 431 g/mol. The van der Waals surface area contributed by atoms with Crippen molar-refractivity contribution in [1.82, 2.24) is 9.29 Å². The molecule has 0 spiro atoms. The summed E-state index contributed by atoms with van der Waals surface area (Å²) < 4.78 is 52.9. The summed E-state index contributed by atoms with van der Waals surface area (Å²) in [5, 5.41) is 3.94. The first kappa shape index (κ1) is 21.1. The van der Waals surface area contributed by atoms with E-state index in [1.165, 1.54) is 24.5 Å². The van der Waals surface area contributed by atoms with Gasteiger partial charge in [-0.3, -0.25) is 4.98 Å². The van der Waals surface area contributed by atoms with Crippen molar-refractivity contribution in [1.29, 1.82) is 0 Å². The fourth-order valence-corrected chi connectivity index (χ4v) is 5.99. The third-order valence-electron chi connectivity index (χ3n) is 4.36. The molecule has 0 amide bonds. The van der Waals surface area contributed by atoms with Gasteiger partial charge in [0.25, 0.3) is 0 Å². The van der Waals surface area contributed by atoms with Gasteiger partial charge in [0.1, 0.15) is 4.90 Å². The van der Waals surface area contributed by atoms with E-state index < -0.39 is 25.4 Å². The van der Waals surface area contributed by atoms with E-state index >= 15 is 0 Å². The highest BCUT2D eigenvalue weighted by Gasteiger charge is 2.39. The molecule has 2 N–H and O–H groups in total. The van der Waals surface area contributed by atoms with Gasteiger partial charge in [0.05, 0.1) is 0 Å². The van der Waals surface area contributed by atoms with Gasteiger partial charge in [0.15, 0.2) is 5.37 Å². The molecule has 1 aromatic heterocycles. The van der Waals surface area contributed by atoms with Crippen molar-refractivity contribution in [2.75, 3.05) is 0 Å². The van der Waals surface area contributed by atoms with Crippen molar-refractivity contribution in [3.05, 3.63) is 95.8 Å². The minimum absolute atomic E-state index is 0.114. The highest BCUT2D eigenvalue weighted by Crippen LogP contribution is 2.32. The number of nitrogens with two attached hydrogens (primary N) is 1. The molecule has 0 radical (unpaired) electrons. The zero-order chi connectivity index (χ0) is 21.1. The molecule has 2 aromatic carbocycles. The molecule has 3 rings (SSSR count). The van der Waals surface area contributed by atoms with Crippen LogP contribution in [0.15, 0.2) is 84.0 Å². The summed E-state index contributed by atoms with van der Waals surface area (Å²) in [6.07, 6.45) is 2.63. The number of aromatic nitrogens is 1. The molecule has 0 saturated carbocycles. The van der Waals surface area contributed by atoms with Crippen LogP contribution in [0.1, 0.15) is 22.1 Å². The topological polar surface area (TPSA) is 110 Å². The second kappa shape index (κ2) is 8.42.